The van der Waals surface area contributed by atoms with E-state index in [4.69, 9.17) is 13.8 Å². The Morgan fingerprint density at radius 3 is 2.62 bits per heavy atom. The zero-order chi connectivity index (χ0) is 25.5. The molecule has 2 N–H and O–H groups in total. The van der Waals surface area contributed by atoms with Crippen molar-refractivity contribution in [3.63, 3.8) is 0 Å². The van der Waals surface area contributed by atoms with Crippen molar-refractivity contribution in [2.24, 2.45) is 5.41 Å². The Hall–Kier alpha value is -2.83. The summed E-state index contributed by atoms with van der Waals surface area (Å²) in [6.07, 6.45) is 3.67. The molecule has 3 aromatic rings. The first-order valence-corrected chi connectivity index (χ1v) is 12.5. The molecule has 1 unspecified atom stereocenters. The van der Waals surface area contributed by atoms with Crippen molar-refractivity contribution in [3.05, 3.63) is 48.5 Å². The lowest BCUT2D eigenvalue weighted by molar-refractivity contribution is 0.239. The quantitative estimate of drug-likeness (QED) is 0.616. The van der Waals surface area contributed by atoms with Gasteiger partial charge in [-0.05, 0) is 56.1 Å². The van der Waals surface area contributed by atoms with Crippen molar-refractivity contribution in [1.29, 1.82) is 0 Å². The minimum Gasteiger partial charge on any atom is -0.497 e. The van der Waals surface area contributed by atoms with Crippen LogP contribution in [0.1, 0.15) is 23.4 Å². The molecule has 3 saturated heterocycles. The topological polar surface area (TPSA) is 52.7 Å². The zero-order valence-corrected chi connectivity index (χ0v) is 19.6. The number of piperazine rings is 1. The highest BCUT2D eigenvalue weighted by Crippen LogP contribution is 2.41. The summed E-state index contributed by atoms with van der Waals surface area (Å²) in [6, 6.07) is 16.3. The normalized spacial score (nSPS) is 24.8. The van der Waals surface area contributed by atoms with Gasteiger partial charge in [-0.3, -0.25) is 0 Å². The van der Waals surface area contributed by atoms with E-state index >= 15 is 0 Å². The van der Waals surface area contributed by atoms with Crippen LogP contribution >= 0.6 is 0 Å². The summed E-state index contributed by atoms with van der Waals surface area (Å²) < 4.78 is 27.8. The second-order valence-electron chi connectivity index (χ2n) is 10.0. The van der Waals surface area contributed by atoms with E-state index in [1.807, 2.05) is 6.07 Å². The molecule has 3 aliphatic rings. The number of anilines is 2. The zero-order valence-electron chi connectivity index (χ0n) is 22.6. The molecule has 1 aromatic heterocycles. The minimum absolute atomic E-state index is 0.312. The van der Waals surface area contributed by atoms with E-state index in [-0.39, 0.29) is 0 Å². The molecule has 0 radical (unpaired) electrons. The molecule has 34 heavy (non-hydrogen) atoms. The summed E-state index contributed by atoms with van der Waals surface area (Å²) in [5, 5.41) is 8.04. The Balaban J connectivity index is 1.37. The highest BCUT2D eigenvalue weighted by Gasteiger charge is 2.39. The molecule has 6 nitrogen and oxygen atoms in total. The Morgan fingerprint density at radius 1 is 0.941 bits per heavy atom. The van der Waals surface area contributed by atoms with Crippen LogP contribution in [0.2, 0.25) is 0 Å². The number of nitrogens with one attached hydrogen (secondary N) is 2. The Kier molecular flexibility index (Phi) is 4.94. The van der Waals surface area contributed by atoms with Crippen LogP contribution in [0.4, 0.5) is 11.4 Å². The summed E-state index contributed by atoms with van der Waals surface area (Å²) >= 11 is 0. The van der Waals surface area contributed by atoms with Gasteiger partial charge < -0.3 is 25.2 Å². The van der Waals surface area contributed by atoms with Crippen LogP contribution in [0.5, 0.6) is 5.75 Å². The van der Waals surface area contributed by atoms with E-state index in [2.05, 4.69) is 50.8 Å². The Bertz CT molecular complexity index is 1250. The summed E-state index contributed by atoms with van der Waals surface area (Å²) in [5.74, 6) is 0.312. The van der Waals surface area contributed by atoms with Crippen LogP contribution in [0.3, 0.4) is 0 Å². The molecule has 2 aromatic carbocycles. The van der Waals surface area contributed by atoms with Crippen LogP contribution < -0.4 is 25.2 Å². The molecule has 178 valence electrons. The highest BCUT2D eigenvalue weighted by atomic mass is 16.5. The number of hydrogen-bond donors (Lipinski definition) is 2. The van der Waals surface area contributed by atoms with Gasteiger partial charge >= 0.3 is 0 Å². The van der Waals surface area contributed by atoms with Gasteiger partial charge in [0.25, 0.3) is 0 Å². The first-order chi connectivity index (χ1) is 17.9. The fourth-order valence-corrected chi connectivity index (χ4v) is 5.95. The van der Waals surface area contributed by atoms with Crippen LogP contribution in [-0.4, -0.2) is 64.4 Å². The fraction of sp³-hybridized carbons (Fsp3) is 0.464. The molecule has 0 aliphatic carbocycles. The number of nitrogens with zero attached hydrogens (tertiary/aromatic N) is 3. The van der Waals surface area contributed by atoms with Gasteiger partial charge in [-0.25, -0.2) is 4.98 Å². The maximum absolute atomic E-state index is 7.52. The Labute approximate surface area is 206 Å². The van der Waals surface area contributed by atoms with Gasteiger partial charge in [-0.15, -0.1) is 0 Å². The predicted molar refractivity (Wildman–Crippen MR) is 140 cm³/mol. The number of pyridine rings is 1. The molecule has 6 rings (SSSR count). The predicted octanol–water partition coefficient (Wildman–Crippen LogP) is 3.90. The first kappa shape index (κ1) is 18.5. The molecule has 0 bridgehead atoms. The van der Waals surface area contributed by atoms with Crippen molar-refractivity contribution in [2.45, 2.75) is 19.3 Å². The molecular formula is C28H35N5O. The molecule has 3 fully saturated rings. The van der Waals surface area contributed by atoms with Gasteiger partial charge in [0.2, 0.25) is 0 Å². The summed E-state index contributed by atoms with van der Waals surface area (Å²) in [4.78, 5) is 9.89. The lowest BCUT2D eigenvalue weighted by Gasteiger charge is -2.34. The first-order valence-electron chi connectivity index (χ1n) is 14.0. The van der Waals surface area contributed by atoms with Crippen LogP contribution in [0.15, 0.2) is 48.5 Å². The van der Waals surface area contributed by atoms with E-state index in [0.29, 0.717) is 11.2 Å². The molecule has 1 atom stereocenters. The number of hydrogen-bond acceptors (Lipinski definition) is 6. The maximum atomic E-state index is 7.52. The van der Waals surface area contributed by atoms with Gasteiger partial charge in [0.15, 0.2) is 0 Å². The molecule has 0 amide bonds. The summed E-state index contributed by atoms with van der Waals surface area (Å²) in [7, 11) is -2.50. The maximum Gasteiger partial charge on any atom is 0.121 e. The van der Waals surface area contributed by atoms with Crippen molar-refractivity contribution in [3.8, 4) is 17.0 Å². The SMILES string of the molecule is [2H]C([2H])([2H])Oc1ccc2c(N3CCC4(CCCNC4)C3)cc(-c3ccc(N4CCNCC4)cc3)nc2c1. The summed E-state index contributed by atoms with van der Waals surface area (Å²) in [6.45, 7) is 8.24. The van der Waals surface area contributed by atoms with E-state index in [9.17, 15) is 0 Å². The van der Waals surface area contributed by atoms with Gasteiger partial charge in [0.05, 0.1) is 22.4 Å². The van der Waals surface area contributed by atoms with Crippen molar-refractivity contribution in [2.75, 3.05) is 69.2 Å². The highest BCUT2D eigenvalue weighted by molar-refractivity contribution is 5.95. The second kappa shape index (κ2) is 9.08. The van der Waals surface area contributed by atoms with Crippen molar-refractivity contribution in [1.82, 2.24) is 15.6 Å². The summed E-state index contributed by atoms with van der Waals surface area (Å²) in [5.41, 5.74) is 5.41. The number of piperidine rings is 1. The number of rotatable bonds is 4. The van der Waals surface area contributed by atoms with Gasteiger partial charge in [0, 0.05) is 79.6 Å². The molecule has 1 spiro atoms. The average Bonchev–Trinajstić information content (AvgIpc) is 3.30. The number of methoxy groups -OCH3 is 1. The standard InChI is InChI=1S/C28H35N5O/c1-34-23-7-8-24-26(17-23)31-25(21-3-5-22(6-4-21)32-15-12-29-13-16-32)18-27(24)33-14-10-28(20-33)9-2-11-30-19-28/h3-8,17-18,29-30H,2,9-16,19-20H2,1H3/i1D3. The van der Waals surface area contributed by atoms with E-state index in [1.54, 1.807) is 12.1 Å². The lowest BCUT2D eigenvalue weighted by Crippen LogP contribution is -2.43. The minimum atomic E-state index is -2.50. The van der Waals surface area contributed by atoms with Crippen LogP contribution in [0, 0.1) is 5.41 Å². The molecular weight excluding hydrogens is 422 g/mol. The van der Waals surface area contributed by atoms with Crippen LogP contribution in [-0.2, 0) is 0 Å². The third kappa shape index (κ3) is 4.10. The Morgan fingerprint density at radius 2 is 1.82 bits per heavy atom. The van der Waals surface area contributed by atoms with E-state index in [1.165, 1.54) is 24.9 Å². The number of ether oxygens (including phenoxy) is 1. The van der Waals surface area contributed by atoms with Gasteiger partial charge in [0.1, 0.15) is 5.75 Å². The van der Waals surface area contributed by atoms with Gasteiger partial charge in [-0.1, -0.05) is 12.1 Å². The van der Waals surface area contributed by atoms with E-state index in [0.717, 1.165) is 80.2 Å². The number of aromatic nitrogens is 1. The number of benzene rings is 2. The molecule has 4 heterocycles. The average molecular weight is 461 g/mol. The third-order valence-corrected chi connectivity index (χ3v) is 7.86. The van der Waals surface area contributed by atoms with Gasteiger partial charge in [-0.2, -0.15) is 0 Å². The largest absolute Gasteiger partial charge is 0.497 e. The third-order valence-electron chi connectivity index (χ3n) is 7.86. The van der Waals surface area contributed by atoms with Crippen molar-refractivity contribution < 1.29 is 8.85 Å². The fourth-order valence-electron chi connectivity index (χ4n) is 5.95. The molecule has 6 heteroatoms. The van der Waals surface area contributed by atoms with E-state index < -0.39 is 7.04 Å². The van der Waals surface area contributed by atoms with Crippen LogP contribution in [0.25, 0.3) is 22.2 Å². The number of fused-ring (bicyclic) bond motifs is 1. The van der Waals surface area contributed by atoms with Crippen molar-refractivity contribution >= 4 is 22.3 Å². The smallest absolute Gasteiger partial charge is 0.121 e. The monoisotopic (exact) mass is 460 g/mol. The molecule has 3 aliphatic heterocycles. The molecule has 0 saturated carbocycles. The second-order valence-corrected chi connectivity index (χ2v) is 10.0. The lowest BCUT2D eigenvalue weighted by atomic mass is 9.80.